The number of nitrogens with one attached hydrogen (secondary N) is 1. The number of imide groups is 1. The Morgan fingerprint density at radius 3 is 3.00 bits per heavy atom. The molecule has 1 saturated heterocycles. The van der Waals surface area contributed by atoms with E-state index >= 15 is 0 Å². The van der Waals surface area contributed by atoms with Crippen molar-refractivity contribution >= 4 is 34.0 Å². The van der Waals surface area contributed by atoms with E-state index in [9.17, 15) is 9.59 Å². The fourth-order valence-corrected chi connectivity index (χ4v) is 4.70. The minimum Gasteiger partial charge on any atom is -0.459 e. The van der Waals surface area contributed by atoms with Gasteiger partial charge in [0.05, 0.1) is 6.26 Å². The first-order chi connectivity index (χ1) is 12.7. The van der Waals surface area contributed by atoms with Gasteiger partial charge in [0.1, 0.15) is 16.5 Å². The molecule has 5 rings (SSSR count). The summed E-state index contributed by atoms with van der Waals surface area (Å²) in [4.78, 5) is 27.7. The first-order valence-electron chi connectivity index (χ1n) is 8.33. The van der Waals surface area contributed by atoms with E-state index in [-0.39, 0.29) is 22.3 Å². The average molecular weight is 366 g/mol. The van der Waals surface area contributed by atoms with Crippen LogP contribution in [-0.2, 0) is 11.2 Å². The first-order valence-corrected chi connectivity index (χ1v) is 9.21. The highest BCUT2D eigenvalue weighted by Gasteiger charge is 2.41. The SMILES string of the molecule is O=C1NC(=O)C([C@@H]2CCc3cc(Oc4ccnc5ccoc45)ccc32)S1. The van der Waals surface area contributed by atoms with Gasteiger partial charge in [-0.05, 0) is 36.1 Å². The number of nitrogens with zero attached hydrogens (tertiary/aromatic N) is 1. The van der Waals surface area contributed by atoms with Crippen LogP contribution in [-0.4, -0.2) is 21.4 Å². The molecular weight excluding hydrogens is 352 g/mol. The summed E-state index contributed by atoms with van der Waals surface area (Å²) in [5, 5.41) is 1.79. The van der Waals surface area contributed by atoms with Crippen molar-refractivity contribution < 1.29 is 18.7 Å². The summed E-state index contributed by atoms with van der Waals surface area (Å²) in [7, 11) is 0. The lowest BCUT2D eigenvalue weighted by molar-refractivity contribution is -0.119. The van der Waals surface area contributed by atoms with E-state index in [0.717, 1.165) is 41.2 Å². The monoisotopic (exact) mass is 366 g/mol. The number of fused-ring (bicyclic) bond motifs is 2. The summed E-state index contributed by atoms with van der Waals surface area (Å²) in [6.45, 7) is 0. The van der Waals surface area contributed by atoms with Crippen LogP contribution in [0.1, 0.15) is 23.5 Å². The molecule has 1 fully saturated rings. The Labute approximate surface area is 152 Å². The molecule has 2 aromatic heterocycles. The molecule has 2 aliphatic rings. The summed E-state index contributed by atoms with van der Waals surface area (Å²) < 4.78 is 11.5. The van der Waals surface area contributed by atoms with Crippen molar-refractivity contribution in [3.05, 3.63) is 53.9 Å². The first kappa shape index (κ1) is 15.5. The average Bonchev–Trinajstić information content (AvgIpc) is 3.33. The van der Waals surface area contributed by atoms with Crippen LogP contribution in [0.2, 0.25) is 0 Å². The van der Waals surface area contributed by atoms with Crippen molar-refractivity contribution in [2.24, 2.45) is 0 Å². The van der Waals surface area contributed by atoms with Crippen LogP contribution in [0, 0.1) is 0 Å². The Morgan fingerprint density at radius 2 is 2.15 bits per heavy atom. The van der Waals surface area contributed by atoms with Gasteiger partial charge in [0.2, 0.25) is 5.91 Å². The number of aromatic nitrogens is 1. The third-order valence-electron chi connectivity index (χ3n) is 4.86. The highest BCUT2D eigenvalue weighted by Crippen LogP contribution is 2.43. The Hall–Kier alpha value is -2.80. The van der Waals surface area contributed by atoms with Gasteiger partial charge < -0.3 is 9.15 Å². The summed E-state index contributed by atoms with van der Waals surface area (Å²) in [6, 6.07) is 9.46. The third kappa shape index (κ3) is 2.47. The predicted molar refractivity (Wildman–Crippen MR) is 96.5 cm³/mol. The van der Waals surface area contributed by atoms with Crippen molar-refractivity contribution in [1.82, 2.24) is 10.3 Å². The number of pyridine rings is 1. The number of rotatable bonds is 3. The highest BCUT2D eigenvalue weighted by molar-refractivity contribution is 8.15. The zero-order valence-electron chi connectivity index (χ0n) is 13.6. The number of carbonyl (C=O) groups is 2. The Morgan fingerprint density at radius 1 is 1.23 bits per heavy atom. The van der Waals surface area contributed by atoms with Gasteiger partial charge in [-0.3, -0.25) is 19.9 Å². The molecule has 7 heteroatoms. The van der Waals surface area contributed by atoms with Crippen LogP contribution >= 0.6 is 11.8 Å². The molecule has 6 nitrogen and oxygen atoms in total. The molecule has 3 aromatic rings. The number of aryl methyl sites for hydroxylation is 1. The van der Waals surface area contributed by atoms with Crippen molar-refractivity contribution in [2.45, 2.75) is 24.0 Å². The minimum absolute atomic E-state index is 0.0632. The van der Waals surface area contributed by atoms with E-state index < -0.39 is 0 Å². The number of carbonyl (C=O) groups excluding carboxylic acids is 2. The van der Waals surface area contributed by atoms with Crippen molar-refractivity contribution in [3.8, 4) is 11.5 Å². The van der Waals surface area contributed by atoms with E-state index in [2.05, 4.69) is 10.3 Å². The fourth-order valence-electron chi connectivity index (χ4n) is 3.70. The lowest BCUT2D eigenvalue weighted by Gasteiger charge is -2.16. The molecular formula is C19H14N2O4S. The Balaban J connectivity index is 1.43. The number of hydrogen-bond donors (Lipinski definition) is 1. The van der Waals surface area contributed by atoms with Crippen LogP contribution in [0.3, 0.4) is 0 Å². The van der Waals surface area contributed by atoms with Gasteiger partial charge in [-0.2, -0.15) is 0 Å². The second-order valence-corrected chi connectivity index (χ2v) is 7.48. The number of thioether (sulfide) groups is 1. The van der Waals surface area contributed by atoms with E-state index in [0.29, 0.717) is 17.1 Å². The second kappa shape index (κ2) is 5.88. The van der Waals surface area contributed by atoms with E-state index in [1.165, 1.54) is 0 Å². The van der Waals surface area contributed by atoms with Gasteiger partial charge in [-0.1, -0.05) is 17.8 Å². The standard InChI is InChI=1S/C19H14N2O4S/c22-18-17(26-19(23)21-18)13-3-1-10-9-11(2-4-12(10)13)25-15-5-7-20-14-6-8-24-16(14)15/h2,4-9,13,17H,1,3H2,(H,21,22,23)/t13-,17?/m1/s1. The van der Waals surface area contributed by atoms with Gasteiger partial charge >= 0.3 is 0 Å². The summed E-state index contributed by atoms with van der Waals surface area (Å²) in [5.41, 5.74) is 3.64. The summed E-state index contributed by atoms with van der Waals surface area (Å²) >= 11 is 1.09. The van der Waals surface area contributed by atoms with E-state index in [1.54, 1.807) is 24.6 Å². The molecule has 1 aliphatic carbocycles. The number of ether oxygens (including phenoxy) is 1. The number of furan rings is 1. The molecule has 2 amide bonds. The zero-order valence-corrected chi connectivity index (χ0v) is 14.4. The van der Waals surface area contributed by atoms with Gasteiger partial charge in [-0.15, -0.1) is 0 Å². The predicted octanol–water partition coefficient (Wildman–Crippen LogP) is 4.00. The van der Waals surface area contributed by atoms with E-state index in [1.807, 2.05) is 18.2 Å². The van der Waals surface area contributed by atoms with E-state index in [4.69, 9.17) is 9.15 Å². The molecule has 2 atom stereocenters. The van der Waals surface area contributed by atoms with Crippen LogP contribution in [0.5, 0.6) is 11.5 Å². The molecule has 130 valence electrons. The maximum atomic E-state index is 12.0. The summed E-state index contributed by atoms with van der Waals surface area (Å²) in [6.07, 6.45) is 4.99. The highest BCUT2D eigenvalue weighted by atomic mass is 32.2. The molecule has 0 spiro atoms. The third-order valence-corrected chi connectivity index (χ3v) is 5.97. The quantitative estimate of drug-likeness (QED) is 0.754. The molecule has 1 aromatic carbocycles. The molecule has 3 heterocycles. The maximum absolute atomic E-state index is 12.0. The lowest BCUT2D eigenvalue weighted by atomic mass is 9.97. The van der Waals surface area contributed by atoms with Crippen LogP contribution in [0.25, 0.3) is 11.1 Å². The number of amides is 2. The molecule has 26 heavy (non-hydrogen) atoms. The van der Waals surface area contributed by atoms with Crippen LogP contribution in [0.15, 0.2) is 47.2 Å². The normalized spacial score (nSPS) is 21.8. The maximum Gasteiger partial charge on any atom is 0.286 e. The lowest BCUT2D eigenvalue weighted by Crippen LogP contribution is -2.27. The van der Waals surface area contributed by atoms with Crippen molar-refractivity contribution in [1.29, 1.82) is 0 Å². The molecule has 1 aliphatic heterocycles. The number of hydrogen-bond acceptors (Lipinski definition) is 6. The largest absolute Gasteiger partial charge is 0.459 e. The smallest absolute Gasteiger partial charge is 0.286 e. The van der Waals surface area contributed by atoms with Crippen LogP contribution in [0.4, 0.5) is 4.79 Å². The molecule has 0 saturated carbocycles. The number of benzene rings is 1. The Kier molecular flexibility index (Phi) is 3.49. The summed E-state index contributed by atoms with van der Waals surface area (Å²) in [5.74, 6) is 1.21. The molecule has 1 N–H and O–H groups in total. The van der Waals surface area contributed by atoms with Gasteiger partial charge in [0.25, 0.3) is 5.24 Å². The van der Waals surface area contributed by atoms with Gasteiger partial charge in [0, 0.05) is 24.2 Å². The molecule has 1 unspecified atom stereocenters. The zero-order chi connectivity index (χ0) is 17.7. The second-order valence-electron chi connectivity index (χ2n) is 6.37. The van der Waals surface area contributed by atoms with Crippen LogP contribution < -0.4 is 10.1 Å². The van der Waals surface area contributed by atoms with Gasteiger partial charge in [0.15, 0.2) is 11.3 Å². The van der Waals surface area contributed by atoms with Crippen molar-refractivity contribution in [3.63, 3.8) is 0 Å². The fraction of sp³-hybridized carbons (Fsp3) is 0.211. The Bertz CT molecular complexity index is 1040. The van der Waals surface area contributed by atoms with Gasteiger partial charge in [-0.25, -0.2) is 0 Å². The topological polar surface area (TPSA) is 81.4 Å². The molecule has 0 radical (unpaired) electrons. The minimum atomic E-state index is -0.335. The van der Waals surface area contributed by atoms with Crippen molar-refractivity contribution in [2.75, 3.05) is 0 Å². The molecule has 0 bridgehead atoms.